The van der Waals surface area contributed by atoms with Gasteiger partial charge in [0, 0.05) is 17.0 Å². The Balaban J connectivity index is 2.02. The first kappa shape index (κ1) is 12.6. The maximum absolute atomic E-state index is 8.66. The summed E-state index contributed by atoms with van der Waals surface area (Å²) in [6, 6.07) is 4.20. The lowest BCUT2D eigenvalue weighted by atomic mass is 10.0. The van der Waals surface area contributed by atoms with Crippen LogP contribution in [0.2, 0.25) is 0 Å². The predicted molar refractivity (Wildman–Crippen MR) is 72.0 cm³/mol. The molecule has 1 aliphatic rings. The zero-order valence-corrected chi connectivity index (χ0v) is 11.3. The molecule has 1 fully saturated rings. The zero-order valence-electron chi connectivity index (χ0n) is 10.5. The van der Waals surface area contributed by atoms with Crippen LogP contribution in [0.5, 0.6) is 0 Å². The summed E-state index contributed by atoms with van der Waals surface area (Å²) in [6.45, 7) is 6.80. The summed E-state index contributed by atoms with van der Waals surface area (Å²) in [7, 11) is 0. The number of hydrogen-bond donors (Lipinski definition) is 1. The van der Waals surface area contributed by atoms with Crippen LogP contribution in [0.1, 0.15) is 36.4 Å². The highest BCUT2D eigenvalue weighted by atomic mass is 32.1. The van der Waals surface area contributed by atoms with E-state index in [-0.39, 0.29) is 6.61 Å². The molecule has 0 radical (unpaired) electrons. The first-order chi connectivity index (χ1) is 8.12. The topological polar surface area (TPSA) is 23.5 Å². The average molecular weight is 249 g/mol. The first-order valence-electron chi connectivity index (χ1n) is 6.05. The third-order valence-corrected chi connectivity index (χ3v) is 4.36. The second-order valence-electron chi connectivity index (χ2n) is 5.06. The molecule has 0 unspecified atom stereocenters. The fourth-order valence-corrected chi connectivity index (χ4v) is 3.20. The third-order valence-electron chi connectivity index (χ3n) is 3.37. The van der Waals surface area contributed by atoms with Crippen molar-refractivity contribution in [2.75, 3.05) is 13.2 Å². The van der Waals surface area contributed by atoms with Gasteiger partial charge in [-0.15, -0.1) is 11.3 Å². The molecule has 2 heterocycles. The van der Waals surface area contributed by atoms with Gasteiger partial charge in [-0.3, -0.25) is 4.90 Å². The number of nitrogens with zero attached hydrogens (tertiary/aromatic N) is 1. The molecule has 0 aliphatic carbocycles. The molecular weight excluding hydrogens is 230 g/mol. The molecule has 92 valence electrons. The van der Waals surface area contributed by atoms with E-state index in [4.69, 9.17) is 5.11 Å². The van der Waals surface area contributed by atoms with Crippen LogP contribution in [0.3, 0.4) is 0 Å². The molecule has 1 aliphatic heterocycles. The molecule has 1 aromatic heterocycles. The van der Waals surface area contributed by atoms with Gasteiger partial charge in [0.25, 0.3) is 0 Å². The van der Waals surface area contributed by atoms with E-state index in [1.54, 1.807) is 11.3 Å². The van der Waals surface area contributed by atoms with Gasteiger partial charge in [0.1, 0.15) is 6.61 Å². The van der Waals surface area contributed by atoms with Crippen molar-refractivity contribution in [3.05, 3.63) is 21.9 Å². The molecule has 3 heteroatoms. The number of thiophene rings is 1. The molecule has 2 rings (SSSR count). The van der Waals surface area contributed by atoms with Crippen LogP contribution in [-0.4, -0.2) is 28.7 Å². The Hall–Kier alpha value is -0.820. The van der Waals surface area contributed by atoms with Crippen molar-refractivity contribution in [2.24, 2.45) is 0 Å². The molecule has 2 nitrogen and oxygen atoms in total. The molecule has 17 heavy (non-hydrogen) atoms. The summed E-state index contributed by atoms with van der Waals surface area (Å²) < 4.78 is 0. The monoisotopic (exact) mass is 249 g/mol. The Morgan fingerprint density at radius 2 is 2.29 bits per heavy atom. The van der Waals surface area contributed by atoms with Gasteiger partial charge in [0.2, 0.25) is 0 Å². The molecular formula is C14H19NOS. The second-order valence-corrected chi connectivity index (χ2v) is 6.23. The lowest BCUT2D eigenvalue weighted by Gasteiger charge is -2.31. The van der Waals surface area contributed by atoms with Gasteiger partial charge >= 0.3 is 0 Å². The van der Waals surface area contributed by atoms with E-state index in [2.05, 4.69) is 36.7 Å². The number of hydrogen-bond acceptors (Lipinski definition) is 3. The van der Waals surface area contributed by atoms with Gasteiger partial charge in [-0.25, -0.2) is 0 Å². The van der Waals surface area contributed by atoms with Gasteiger partial charge in [-0.2, -0.15) is 0 Å². The van der Waals surface area contributed by atoms with Gasteiger partial charge in [-0.05, 0) is 45.4 Å². The van der Waals surface area contributed by atoms with E-state index < -0.39 is 0 Å². The fraction of sp³-hybridized carbons (Fsp3) is 0.571. The number of aliphatic hydroxyl groups is 1. The summed E-state index contributed by atoms with van der Waals surface area (Å²) in [5, 5.41) is 8.66. The summed E-state index contributed by atoms with van der Waals surface area (Å²) in [6.07, 6.45) is 2.59. The highest BCUT2D eigenvalue weighted by molar-refractivity contribution is 7.12. The van der Waals surface area contributed by atoms with Gasteiger partial charge in [0.05, 0.1) is 4.88 Å². The summed E-state index contributed by atoms with van der Waals surface area (Å²) in [4.78, 5) is 4.95. The first-order valence-corrected chi connectivity index (χ1v) is 6.87. The normalized spacial score (nSPS) is 19.0. The van der Waals surface area contributed by atoms with Crippen molar-refractivity contribution in [3.8, 4) is 11.8 Å². The SMILES string of the molecule is CC1(C)CCCN1Cc1ccc(C#CCO)s1. The molecule has 0 spiro atoms. The van der Waals surface area contributed by atoms with Crippen LogP contribution in [-0.2, 0) is 6.54 Å². The molecule has 1 N–H and O–H groups in total. The molecule has 0 amide bonds. The van der Waals surface area contributed by atoms with Crippen molar-refractivity contribution < 1.29 is 5.11 Å². The van der Waals surface area contributed by atoms with Crippen molar-refractivity contribution >= 4 is 11.3 Å². The summed E-state index contributed by atoms with van der Waals surface area (Å²) >= 11 is 1.73. The molecule has 0 atom stereocenters. The Labute approximate surface area is 107 Å². The predicted octanol–water partition coefficient (Wildman–Crippen LogP) is 2.47. The van der Waals surface area contributed by atoms with Crippen molar-refractivity contribution in [1.82, 2.24) is 4.90 Å². The van der Waals surface area contributed by atoms with Crippen molar-refractivity contribution in [3.63, 3.8) is 0 Å². The standard InChI is InChI=1S/C14H19NOS/c1-14(2)8-4-9-15(14)11-13-7-6-12(17-13)5-3-10-16/h6-7,16H,4,8-11H2,1-2H3. The lowest BCUT2D eigenvalue weighted by Crippen LogP contribution is -2.37. The molecule has 1 aromatic rings. The quantitative estimate of drug-likeness (QED) is 0.814. The van der Waals surface area contributed by atoms with Crippen LogP contribution >= 0.6 is 11.3 Å². The molecule has 1 saturated heterocycles. The van der Waals surface area contributed by atoms with Crippen LogP contribution in [0.25, 0.3) is 0 Å². The van der Waals surface area contributed by atoms with Gasteiger partial charge in [-0.1, -0.05) is 11.8 Å². The fourth-order valence-electron chi connectivity index (χ4n) is 2.30. The molecule has 0 aromatic carbocycles. The van der Waals surface area contributed by atoms with Crippen LogP contribution < -0.4 is 0 Å². The van der Waals surface area contributed by atoms with E-state index in [1.165, 1.54) is 24.3 Å². The van der Waals surface area contributed by atoms with Gasteiger partial charge in [0.15, 0.2) is 0 Å². The number of likely N-dealkylation sites (tertiary alicyclic amines) is 1. The van der Waals surface area contributed by atoms with E-state index in [1.807, 2.05) is 6.07 Å². The third kappa shape index (κ3) is 3.10. The smallest absolute Gasteiger partial charge is 0.104 e. The zero-order chi connectivity index (χ0) is 12.3. The number of rotatable bonds is 2. The Morgan fingerprint density at radius 3 is 2.94 bits per heavy atom. The van der Waals surface area contributed by atoms with Crippen molar-refractivity contribution in [1.29, 1.82) is 0 Å². The minimum Gasteiger partial charge on any atom is -0.384 e. The summed E-state index contributed by atoms with van der Waals surface area (Å²) in [5.74, 6) is 5.65. The second kappa shape index (κ2) is 5.22. The molecule has 0 saturated carbocycles. The summed E-state index contributed by atoms with van der Waals surface area (Å²) in [5.41, 5.74) is 0.334. The van der Waals surface area contributed by atoms with E-state index >= 15 is 0 Å². The average Bonchev–Trinajstić information content (AvgIpc) is 2.84. The number of aliphatic hydroxyl groups excluding tert-OH is 1. The van der Waals surface area contributed by atoms with Gasteiger partial charge < -0.3 is 5.11 Å². The largest absolute Gasteiger partial charge is 0.384 e. The van der Waals surface area contributed by atoms with Crippen LogP contribution in [0.4, 0.5) is 0 Å². The van der Waals surface area contributed by atoms with E-state index in [0.29, 0.717) is 5.54 Å². The van der Waals surface area contributed by atoms with Crippen LogP contribution in [0, 0.1) is 11.8 Å². The molecule has 0 bridgehead atoms. The highest BCUT2D eigenvalue weighted by Crippen LogP contribution is 2.31. The Bertz CT molecular complexity index is 439. The van der Waals surface area contributed by atoms with E-state index in [0.717, 1.165) is 11.4 Å². The maximum atomic E-state index is 8.66. The Kier molecular flexibility index (Phi) is 3.88. The van der Waals surface area contributed by atoms with Crippen molar-refractivity contribution in [2.45, 2.75) is 38.8 Å². The lowest BCUT2D eigenvalue weighted by molar-refractivity contribution is 0.168. The van der Waals surface area contributed by atoms with E-state index in [9.17, 15) is 0 Å². The minimum atomic E-state index is -0.0631. The highest BCUT2D eigenvalue weighted by Gasteiger charge is 2.31. The Morgan fingerprint density at radius 1 is 1.47 bits per heavy atom. The maximum Gasteiger partial charge on any atom is 0.104 e. The minimum absolute atomic E-state index is 0.0631. The van der Waals surface area contributed by atoms with Crippen LogP contribution in [0.15, 0.2) is 12.1 Å².